The van der Waals surface area contributed by atoms with Gasteiger partial charge in [-0.25, -0.2) is 4.79 Å². The molecule has 0 aliphatic carbocycles. The molecule has 0 aliphatic rings. The minimum absolute atomic E-state index is 0.278. The number of fused-ring (bicyclic) bond motifs is 3. The Bertz CT molecular complexity index is 1350. The highest BCUT2D eigenvalue weighted by Crippen LogP contribution is 2.31. The van der Waals surface area contributed by atoms with E-state index in [1.54, 1.807) is 12.1 Å². The summed E-state index contributed by atoms with van der Waals surface area (Å²) in [4.78, 5) is 24.6. The van der Waals surface area contributed by atoms with E-state index in [1.807, 2.05) is 30.3 Å². The van der Waals surface area contributed by atoms with Crippen molar-refractivity contribution < 1.29 is 19.1 Å². The van der Waals surface area contributed by atoms with Crippen molar-refractivity contribution in [2.45, 2.75) is 26.5 Å². The summed E-state index contributed by atoms with van der Waals surface area (Å²) < 4.78 is 12.8. The second-order valence-electron chi connectivity index (χ2n) is 7.48. The van der Waals surface area contributed by atoms with E-state index in [1.165, 1.54) is 13.0 Å². The lowest BCUT2D eigenvalue weighted by Gasteiger charge is -2.15. The first kappa shape index (κ1) is 23.0. The fourth-order valence-corrected chi connectivity index (χ4v) is 4.19. The number of ether oxygens (including phenoxy) is 2. The third-order valence-electron chi connectivity index (χ3n) is 5.25. The lowest BCUT2D eigenvalue weighted by Crippen LogP contribution is -2.29. The van der Waals surface area contributed by atoms with E-state index in [-0.39, 0.29) is 5.02 Å². The fourth-order valence-electron chi connectivity index (χ4n) is 3.73. The van der Waals surface area contributed by atoms with E-state index in [4.69, 9.17) is 32.7 Å². The van der Waals surface area contributed by atoms with Gasteiger partial charge >= 0.3 is 5.97 Å². The Morgan fingerprint density at radius 3 is 2.52 bits per heavy atom. The van der Waals surface area contributed by atoms with Crippen LogP contribution in [0.4, 0.5) is 5.69 Å². The van der Waals surface area contributed by atoms with Gasteiger partial charge in [0.2, 0.25) is 0 Å². The number of nitrogens with one attached hydrogen (secondary N) is 1. The van der Waals surface area contributed by atoms with Gasteiger partial charge in [0, 0.05) is 39.1 Å². The van der Waals surface area contributed by atoms with E-state index in [9.17, 15) is 9.59 Å². The molecule has 0 spiro atoms. The summed E-state index contributed by atoms with van der Waals surface area (Å²) in [5.74, 6) is -0.828. The average molecular weight is 485 g/mol. The number of amides is 1. The van der Waals surface area contributed by atoms with Gasteiger partial charge in [-0.2, -0.15) is 0 Å². The Kier molecular flexibility index (Phi) is 6.77. The number of esters is 1. The van der Waals surface area contributed by atoms with E-state index < -0.39 is 24.6 Å². The number of aryl methyl sites for hydroxylation is 1. The van der Waals surface area contributed by atoms with E-state index in [0.29, 0.717) is 16.5 Å². The van der Waals surface area contributed by atoms with Crippen molar-refractivity contribution in [3.05, 3.63) is 70.7 Å². The minimum Gasteiger partial charge on any atom is -0.477 e. The van der Waals surface area contributed by atoms with Crippen molar-refractivity contribution >= 4 is 62.6 Å². The van der Waals surface area contributed by atoms with Gasteiger partial charge in [-0.15, -0.1) is 0 Å². The highest BCUT2D eigenvalue weighted by atomic mass is 35.5. The molecule has 4 rings (SSSR count). The molecule has 0 unspecified atom stereocenters. The maximum atomic E-state index is 12.4. The summed E-state index contributed by atoms with van der Waals surface area (Å²) in [7, 11) is 0. The molecule has 1 heterocycles. The zero-order valence-corrected chi connectivity index (χ0v) is 19.6. The summed E-state index contributed by atoms with van der Waals surface area (Å²) >= 11 is 11.9. The first-order valence-corrected chi connectivity index (χ1v) is 11.2. The van der Waals surface area contributed by atoms with Gasteiger partial charge < -0.3 is 19.4 Å². The Morgan fingerprint density at radius 1 is 1.00 bits per heavy atom. The summed E-state index contributed by atoms with van der Waals surface area (Å²) in [6.07, 6.45) is -0.951. The molecule has 1 amide bonds. The predicted octanol–water partition coefficient (Wildman–Crippen LogP) is 6.07. The van der Waals surface area contributed by atoms with Crippen LogP contribution in [-0.4, -0.2) is 29.2 Å². The topological polar surface area (TPSA) is 69.6 Å². The molecular formula is C25H22Cl2N2O4. The van der Waals surface area contributed by atoms with Gasteiger partial charge in [0.25, 0.3) is 5.91 Å². The highest BCUT2D eigenvalue weighted by Gasteiger charge is 2.19. The third kappa shape index (κ3) is 4.92. The molecule has 4 aromatic rings. The van der Waals surface area contributed by atoms with Crippen molar-refractivity contribution in [2.75, 3.05) is 11.9 Å². The van der Waals surface area contributed by atoms with Gasteiger partial charge in [0.1, 0.15) is 5.75 Å². The molecule has 1 atom stereocenters. The van der Waals surface area contributed by atoms with E-state index >= 15 is 0 Å². The lowest BCUT2D eigenvalue weighted by molar-refractivity contribution is -0.153. The maximum absolute atomic E-state index is 12.4. The van der Waals surface area contributed by atoms with E-state index in [0.717, 1.165) is 28.4 Å². The van der Waals surface area contributed by atoms with Crippen LogP contribution < -0.4 is 10.1 Å². The number of para-hydroxylation sites is 1. The molecule has 0 radical (unpaired) electrons. The number of benzene rings is 3. The van der Waals surface area contributed by atoms with Crippen molar-refractivity contribution in [1.29, 1.82) is 0 Å². The number of halogens is 2. The van der Waals surface area contributed by atoms with Gasteiger partial charge in [-0.05, 0) is 56.3 Å². The molecule has 33 heavy (non-hydrogen) atoms. The van der Waals surface area contributed by atoms with Crippen LogP contribution in [0.3, 0.4) is 0 Å². The number of hydrogen-bond donors (Lipinski definition) is 1. The average Bonchev–Trinajstić information content (AvgIpc) is 3.12. The number of hydrogen-bond acceptors (Lipinski definition) is 4. The molecule has 3 aromatic carbocycles. The second-order valence-corrected chi connectivity index (χ2v) is 8.33. The zero-order valence-electron chi connectivity index (χ0n) is 18.1. The monoisotopic (exact) mass is 484 g/mol. The second kappa shape index (κ2) is 9.73. The number of rotatable bonds is 7. The van der Waals surface area contributed by atoms with Crippen LogP contribution in [0.15, 0.2) is 60.7 Å². The van der Waals surface area contributed by atoms with Crippen molar-refractivity contribution in [3.8, 4) is 5.75 Å². The summed E-state index contributed by atoms with van der Waals surface area (Å²) in [5, 5.41) is 5.68. The molecule has 1 N–H and O–H groups in total. The van der Waals surface area contributed by atoms with Gasteiger partial charge in [0.15, 0.2) is 12.7 Å². The summed E-state index contributed by atoms with van der Waals surface area (Å²) in [5.41, 5.74) is 2.86. The van der Waals surface area contributed by atoms with Gasteiger partial charge in [-0.3, -0.25) is 4.79 Å². The van der Waals surface area contributed by atoms with Crippen LogP contribution in [0, 0.1) is 0 Å². The van der Waals surface area contributed by atoms with E-state index in [2.05, 4.69) is 28.9 Å². The van der Waals surface area contributed by atoms with Crippen LogP contribution in [0.25, 0.3) is 21.8 Å². The van der Waals surface area contributed by atoms with Crippen LogP contribution in [0.5, 0.6) is 5.75 Å². The summed E-state index contributed by atoms with van der Waals surface area (Å²) in [6.45, 7) is 4.02. The SMILES string of the molecule is CCn1c2ccccc2c2cc(NC(=O)COC(=O)[C@@H](C)Oc3ccc(Cl)cc3Cl)ccc21. The van der Waals surface area contributed by atoms with Crippen LogP contribution >= 0.6 is 23.2 Å². The number of aromatic nitrogens is 1. The third-order valence-corrected chi connectivity index (χ3v) is 5.78. The Balaban J connectivity index is 1.39. The molecule has 0 saturated carbocycles. The molecule has 1 aromatic heterocycles. The Hall–Kier alpha value is -3.22. The molecule has 0 fully saturated rings. The number of carbonyl (C=O) groups excluding carboxylic acids is 2. The smallest absolute Gasteiger partial charge is 0.347 e. The standard InChI is InChI=1S/C25H22Cl2N2O4/c1-3-29-21-7-5-4-6-18(21)19-13-17(9-10-22(19)29)28-24(30)14-32-25(31)15(2)33-23-11-8-16(26)12-20(23)27/h4-13,15H,3,14H2,1-2H3,(H,28,30)/t15-/m1/s1. The quantitative estimate of drug-likeness (QED) is 0.323. The molecule has 0 saturated heterocycles. The first-order valence-electron chi connectivity index (χ1n) is 10.5. The maximum Gasteiger partial charge on any atom is 0.347 e. The first-order chi connectivity index (χ1) is 15.9. The fraction of sp³-hybridized carbons (Fsp3) is 0.200. The summed E-state index contributed by atoms with van der Waals surface area (Å²) in [6, 6.07) is 18.6. The van der Waals surface area contributed by atoms with Crippen molar-refractivity contribution in [2.24, 2.45) is 0 Å². The molecule has 0 aliphatic heterocycles. The number of nitrogens with zero attached hydrogens (tertiary/aromatic N) is 1. The van der Waals surface area contributed by atoms with Crippen molar-refractivity contribution in [1.82, 2.24) is 4.57 Å². The minimum atomic E-state index is -0.951. The number of anilines is 1. The number of carbonyl (C=O) groups is 2. The Labute approximate surface area is 201 Å². The van der Waals surface area contributed by atoms with Crippen LogP contribution in [0.1, 0.15) is 13.8 Å². The normalized spacial score (nSPS) is 12.0. The van der Waals surface area contributed by atoms with Crippen LogP contribution in [0.2, 0.25) is 10.0 Å². The Morgan fingerprint density at radius 2 is 1.76 bits per heavy atom. The molecule has 0 bridgehead atoms. The highest BCUT2D eigenvalue weighted by molar-refractivity contribution is 6.35. The van der Waals surface area contributed by atoms with Crippen molar-refractivity contribution in [3.63, 3.8) is 0 Å². The predicted molar refractivity (Wildman–Crippen MR) is 131 cm³/mol. The largest absolute Gasteiger partial charge is 0.477 e. The molecule has 6 nitrogen and oxygen atoms in total. The molecular weight excluding hydrogens is 463 g/mol. The zero-order chi connectivity index (χ0) is 23.5. The lowest BCUT2D eigenvalue weighted by atomic mass is 10.1. The molecule has 170 valence electrons. The van der Waals surface area contributed by atoms with Gasteiger partial charge in [-0.1, -0.05) is 41.4 Å². The van der Waals surface area contributed by atoms with Gasteiger partial charge in [0.05, 0.1) is 5.02 Å². The molecule has 8 heteroatoms. The van der Waals surface area contributed by atoms with Crippen LogP contribution in [-0.2, 0) is 20.9 Å².